The Morgan fingerprint density at radius 2 is 1.97 bits per heavy atom. The highest BCUT2D eigenvalue weighted by molar-refractivity contribution is 6.30. The lowest BCUT2D eigenvalue weighted by molar-refractivity contribution is -0.136. The number of rotatable bonds is 0. The molecule has 0 aromatic heterocycles. The van der Waals surface area contributed by atoms with Crippen LogP contribution in [0.15, 0.2) is 48.6 Å². The minimum Gasteiger partial charge on any atom is -0.490 e. The number of aliphatic hydroxyl groups excluding tert-OH is 1. The second-order valence-electron chi connectivity index (χ2n) is 10.8. The third-order valence-corrected chi connectivity index (χ3v) is 8.47. The summed E-state index contributed by atoms with van der Waals surface area (Å²) in [6, 6.07) is 12.3. The van der Waals surface area contributed by atoms with Gasteiger partial charge in [0.15, 0.2) is 0 Å². The molecule has 5 rings (SSSR count). The summed E-state index contributed by atoms with van der Waals surface area (Å²) < 4.78 is 6.53. The van der Waals surface area contributed by atoms with Gasteiger partial charge in [-0.15, -0.1) is 0 Å². The van der Waals surface area contributed by atoms with Gasteiger partial charge in [0.1, 0.15) is 5.75 Å². The van der Waals surface area contributed by atoms with E-state index in [1.165, 1.54) is 11.1 Å². The van der Waals surface area contributed by atoms with Crippen LogP contribution in [0.3, 0.4) is 0 Å². The highest BCUT2D eigenvalue weighted by Gasteiger charge is 2.41. The molecular formula is C30H37ClN2O3. The van der Waals surface area contributed by atoms with E-state index in [4.69, 9.17) is 16.3 Å². The smallest absolute Gasteiger partial charge is 0.228 e. The lowest BCUT2D eigenvalue weighted by Crippen LogP contribution is -2.46. The molecule has 1 spiro atoms. The molecule has 1 aliphatic carbocycles. The highest BCUT2D eigenvalue weighted by Crippen LogP contribution is 2.45. The van der Waals surface area contributed by atoms with Crippen molar-refractivity contribution in [3.05, 3.63) is 70.3 Å². The van der Waals surface area contributed by atoms with E-state index in [0.29, 0.717) is 13.2 Å². The summed E-state index contributed by atoms with van der Waals surface area (Å²) >= 11 is 6.36. The minimum atomic E-state index is -0.879. The summed E-state index contributed by atoms with van der Waals surface area (Å²) in [4.78, 5) is 17.1. The van der Waals surface area contributed by atoms with Gasteiger partial charge >= 0.3 is 0 Å². The van der Waals surface area contributed by atoms with Crippen LogP contribution in [0.1, 0.15) is 61.8 Å². The van der Waals surface area contributed by atoms with Gasteiger partial charge in [0.05, 0.1) is 24.3 Å². The quantitative estimate of drug-likeness (QED) is 0.465. The molecular weight excluding hydrogens is 472 g/mol. The first kappa shape index (κ1) is 25.2. The SMILES string of the molecule is C[C@H]1C(=O)N(C)C/C=C\CCCCN2C[C@@]3(CCCc4cc(Cl)ccc43)COc3ccc(cc32)[C@H]1O. The second-order valence-corrected chi connectivity index (χ2v) is 11.2. The second kappa shape index (κ2) is 10.5. The van der Waals surface area contributed by atoms with E-state index in [1.54, 1.807) is 11.9 Å². The molecule has 2 heterocycles. The van der Waals surface area contributed by atoms with Gasteiger partial charge in [-0.3, -0.25) is 4.79 Å². The van der Waals surface area contributed by atoms with Gasteiger partial charge in [0.25, 0.3) is 0 Å². The average Bonchev–Trinajstić information content (AvgIpc) is 3.03. The van der Waals surface area contributed by atoms with E-state index < -0.39 is 12.0 Å². The molecule has 1 amide bonds. The first-order valence-corrected chi connectivity index (χ1v) is 13.6. The van der Waals surface area contributed by atoms with Gasteiger partial charge in [-0.25, -0.2) is 0 Å². The summed E-state index contributed by atoms with van der Waals surface area (Å²) in [7, 11) is 1.80. The van der Waals surface area contributed by atoms with Crippen LogP contribution in [0.25, 0.3) is 0 Å². The van der Waals surface area contributed by atoms with Crippen LogP contribution < -0.4 is 9.64 Å². The van der Waals surface area contributed by atoms with Crippen molar-refractivity contribution in [2.24, 2.45) is 5.92 Å². The molecule has 5 nitrogen and oxygen atoms in total. The summed E-state index contributed by atoms with van der Waals surface area (Å²) in [5.41, 5.74) is 4.36. The molecule has 0 saturated heterocycles. The Balaban J connectivity index is 1.54. The average molecular weight is 509 g/mol. The van der Waals surface area contributed by atoms with E-state index in [1.807, 2.05) is 31.2 Å². The summed E-state index contributed by atoms with van der Waals surface area (Å²) in [5.74, 6) is 0.263. The van der Waals surface area contributed by atoms with E-state index >= 15 is 0 Å². The molecule has 6 heteroatoms. The first-order chi connectivity index (χ1) is 17.4. The highest BCUT2D eigenvalue weighted by atomic mass is 35.5. The number of anilines is 1. The topological polar surface area (TPSA) is 53.0 Å². The number of benzene rings is 2. The molecule has 2 aromatic rings. The van der Waals surface area contributed by atoms with Crippen LogP contribution in [0.5, 0.6) is 5.75 Å². The Labute approximate surface area is 219 Å². The zero-order chi connectivity index (χ0) is 25.3. The van der Waals surface area contributed by atoms with Crippen LogP contribution in [-0.4, -0.2) is 49.2 Å². The monoisotopic (exact) mass is 508 g/mol. The summed E-state index contributed by atoms with van der Waals surface area (Å²) in [6.45, 7) is 4.77. The Bertz CT molecular complexity index is 1150. The van der Waals surface area contributed by atoms with Gasteiger partial charge in [-0.1, -0.05) is 42.8 Å². The van der Waals surface area contributed by atoms with Crippen LogP contribution in [0.2, 0.25) is 5.02 Å². The van der Waals surface area contributed by atoms with Gasteiger partial charge in [-0.2, -0.15) is 0 Å². The largest absolute Gasteiger partial charge is 0.490 e. The molecule has 2 aliphatic heterocycles. The number of aliphatic hydroxyl groups is 1. The zero-order valence-electron chi connectivity index (χ0n) is 21.4. The van der Waals surface area contributed by atoms with Crippen molar-refractivity contribution in [2.45, 2.75) is 57.0 Å². The molecule has 2 bridgehead atoms. The molecule has 2 aromatic carbocycles. The van der Waals surface area contributed by atoms with Crippen LogP contribution in [0.4, 0.5) is 5.69 Å². The van der Waals surface area contributed by atoms with Crippen LogP contribution in [-0.2, 0) is 16.6 Å². The van der Waals surface area contributed by atoms with Crippen molar-refractivity contribution in [2.75, 3.05) is 38.2 Å². The Hall–Kier alpha value is -2.50. The molecule has 1 N–H and O–H groups in total. The Morgan fingerprint density at radius 3 is 2.83 bits per heavy atom. The van der Waals surface area contributed by atoms with E-state index in [-0.39, 0.29) is 11.3 Å². The molecule has 0 fully saturated rings. The lowest BCUT2D eigenvalue weighted by Gasteiger charge is -2.41. The normalized spacial score (nSPS) is 27.9. The number of carbonyl (C=O) groups excluding carboxylic acids is 1. The predicted molar refractivity (Wildman–Crippen MR) is 145 cm³/mol. The fourth-order valence-corrected chi connectivity index (χ4v) is 6.32. The maximum atomic E-state index is 13.0. The molecule has 0 radical (unpaired) electrons. The fourth-order valence-electron chi connectivity index (χ4n) is 6.13. The number of hydrogen-bond acceptors (Lipinski definition) is 4. The number of aryl methyl sites for hydroxylation is 1. The van der Waals surface area contributed by atoms with Crippen LogP contribution >= 0.6 is 11.6 Å². The maximum Gasteiger partial charge on any atom is 0.228 e. The Morgan fingerprint density at radius 1 is 1.11 bits per heavy atom. The van der Waals surface area contributed by atoms with Crippen molar-refractivity contribution >= 4 is 23.2 Å². The van der Waals surface area contributed by atoms with Gasteiger partial charge in [0.2, 0.25) is 5.91 Å². The molecule has 0 saturated carbocycles. The minimum absolute atomic E-state index is 0.0542. The molecule has 0 unspecified atom stereocenters. The number of carbonyl (C=O) groups is 1. The van der Waals surface area contributed by atoms with Crippen molar-refractivity contribution < 1.29 is 14.6 Å². The Kier molecular flexibility index (Phi) is 7.32. The lowest BCUT2D eigenvalue weighted by atomic mass is 9.70. The van der Waals surface area contributed by atoms with E-state index in [9.17, 15) is 9.90 Å². The number of fused-ring (bicyclic) bond motifs is 3. The third-order valence-electron chi connectivity index (χ3n) is 8.24. The number of allylic oxidation sites excluding steroid dienone is 1. The third kappa shape index (κ3) is 4.88. The van der Waals surface area contributed by atoms with Crippen LogP contribution in [0, 0.1) is 5.92 Å². The van der Waals surface area contributed by atoms with Crippen molar-refractivity contribution in [1.82, 2.24) is 4.90 Å². The van der Waals surface area contributed by atoms with E-state index in [2.05, 4.69) is 29.2 Å². The molecule has 36 heavy (non-hydrogen) atoms. The van der Waals surface area contributed by atoms with Crippen molar-refractivity contribution in [1.29, 1.82) is 0 Å². The summed E-state index contributed by atoms with van der Waals surface area (Å²) in [5, 5.41) is 12.0. The standard InChI is InChI=1S/C30H37ClN2O3/c1-21-28(34)23-10-13-27-26(18-23)33(16-7-5-3-4-6-15-32(2)29(21)35)19-30(20-36-27)14-8-9-22-17-24(31)11-12-25(22)30/h4,6,10-13,17-18,21,28,34H,3,5,7-9,14-16,19-20H2,1-2H3/b6-4-/t21-,28+,30+/m1/s1. The van der Waals surface area contributed by atoms with Crippen molar-refractivity contribution in [3.63, 3.8) is 0 Å². The number of hydrogen-bond donors (Lipinski definition) is 1. The number of nitrogens with zero attached hydrogens (tertiary/aromatic N) is 2. The fraction of sp³-hybridized carbons (Fsp3) is 0.500. The first-order valence-electron chi connectivity index (χ1n) is 13.3. The van der Waals surface area contributed by atoms with Gasteiger partial charge in [0, 0.05) is 37.1 Å². The van der Waals surface area contributed by atoms with Crippen molar-refractivity contribution in [3.8, 4) is 5.75 Å². The molecule has 192 valence electrons. The van der Waals surface area contributed by atoms with E-state index in [0.717, 1.165) is 73.6 Å². The number of halogens is 1. The van der Waals surface area contributed by atoms with Gasteiger partial charge < -0.3 is 19.6 Å². The van der Waals surface area contributed by atoms with Gasteiger partial charge in [-0.05, 0) is 79.5 Å². The number of likely N-dealkylation sites (N-methyl/N-ethyl adjacent to an activating group) is 1. The predicted octanol–water partition coefficient (Wildman–Crippen LogP) is 5.68. The molecule has 3 atom stereocenters. The number of amides is 1. The molecule has 3 aliphatic rings. The number of ether oxygens (including phenoxy) is 1. The zero-order valence-corrected chi connectivity index (χ0v) is 22.1. The summed E-state index contributed by atoms with van der Waals surface area (Å²) in [6.07, 6.45) is 9.72. The maximum absolute atomic E-state index is 13.0.